The van der Waals surface area contributed by atoms with Gasteiger partial charge in [-0.25, -0.2) is 4.79 Å². The van der Waals surface area contributed by atoms with Crippen LogP contribution in [0.2, 0.25) is 0 Å². The standard InChI is InChI=1S/C11H17N3O3/c12-7-11(3-6-13(8-11)10(16)17)14-4-1-9(15)2-5-14/h9,15H,1-6,8H2,(H,16,17). The number of aliphatic hydroxyl groups is 1. The zero-order valence-electron chi connectivity index (χ0n) is 9.67. The van der Waals surface area contributed by atoms with E-state index in [9.17, 15) is 15.2 Å². The molecule has 1 atom stereocenters. The highest BCUT2D eigenvalue weighted by atomic mass is 16.4. The van der Waals surface area contributed by atoms with Crippen LogP contribution in [0.5, 0.6) is 0 Å². The van der Waals surface area contributed by atoms with Crippen LogP contribution >= 0.6 is 0 Å². The van der Waals surface area contributed by atoms with Crippen molar-refractivity contribution < 1.29 is 15.0 Å². The third-order valence-corrected chi connectivity index (χ3v) is 3.80. The van der Waals surface area contributed by atoms with Gasteiger partial charge in [-0.2, -0.15) is 5.26 Å². The second-order valence-corrected chi connectivity index (χ2v) is 4.82. The van der Waals surface area contributed by atoms with Crippen LogP contribution < -0.4 is 0 Å². The van der Waals surface area contributed by atoms with Gasteiger partial charge in [-0.3, -0.25) is 4.90 Å². The maximum atomic E-state index is 10.9. The molecule has 0 aliphatic carbocycles. The third kappa shape index (κ3) is 2.21. The molecule has 1 unspecified atom stereocenters. The average molecular weight is 239 g/mol. The smallest absolute Gasteiger partial charge is 0.407 e. The second kappa shape index (κ2) is 4.51. The maximum Gasteiger partial charge on any atom is 0.407 e. The monoisotopic (exact) mass is 239 g/mol. The molecular weight excluding hydrogens is 222 g/mol. The van der Waals surface area contributed by atoms with Crippen molar-refractivity contribution >= 4 is 6.09 Å². The van der Waals surface area contributed by atoms with Crippen LogP contribution in [0.15, 0.2) is 0 Å². The SMILES string of the molecule is N#CC1(N2CCC(O)CC2)CCN(C(=O)O)C1. The Bertz CT molecular complexity index is 346. The Morgan fingerprint density at radius 3 is 2.47 bits per heavy atom. The Labute approximate surface area is 100 Å². The first-order chi connectivity index (χ1) is 8.07. The minimum Gasteiger partial charge on any atom is -0.465 e. The fraction of sp³-hybridized carbons (Fsp3) is 0.818. The number of carbonyl (C=O) groups is 1. The summed E-state index contributed by atoms with van der Waals surface area (Å²) in [6.45, 7) is 2.02. The van der Waals surface area contributed by atoms with Gasteiger partial charge in [0, 0.05) is 19.6 Å². The molecule has 2 fully saturated rings. The molecule has 2 N–H and O–H groups in total. The van der Waals surface area contributed by atoms with E-state index in [0.717, 1.165) is 0 Å². The third-order valence-electron chi connectivity index (χ3n) is 3.80. The molecular formula is C11H17N3O3. The summed E-state index contributed by atoms with van der Waals surface area (Å²) in [4.78, 5) is 14.2. The largest absolute Gasteiger partial charge is 0.465 e. The number of hydrogen-bond acceptors (Lipinski definition) is 4. The van der Waals surface area contributed by atoms with Gasteiger partial charge < -0.3 is 15.1 Å². The molecule has 0 bridgehead atoms. The molecule has 0 aromatic heterocycles. The molecule has 2 heterocycles. The van der Waals surface area contributed by atoms with Gasteiger partial charge in [0.25, 0.3) is 0 Å². The highest BCUT2D eigenvalue weighted by molar-refractivity contribution is 5.65. The van der Waals surface area contributed by atoms with E-state index >= 15 is 0 Å². The summed E-state index contributed by atoms with van der Waals surface area (Å²) in [5, 5.41) is 27.8. The number of aliphatic hydroxyl groups excluding tert-OH is 1. The van der Waals surface area contributed by atoms with Crippen LogP contribution in [0.25, 0.3) is 0 Å². The first-order valence-corrected chi connectivity index (χ1v) is 5.90. The summed E-state index contributed by atoms with van der Waals surface area (Å²) in [5.41, 5.74) is -0.682. The molecule has 1 amide bonds. The molecule has 2 aliphatic heterocycles. The van der Waals surface area contributed by atoms with E-state index in [0.29, 0.717) is 38.9 Å². The van der Waals surface area contributed by atoms with E-state index in [1.165, 1.54) is 4.90 Å². The van der Waals surface area contributed by atoms with Crippen molar-refractivity contribution in [1.82, 2.24) is 9.80 Å². The Morgan fingerprint density at radius 2 is 2.00 bits per heavy atom. The van der Waals surface area contributed by atoms with Crippen molar-refractivity contribution in [3.8, 4) is 6.07 Å². The molecule has 2 rings (SSSR count). The summed E-state index contributed by atoms with van der Waals surface area (Å²) >= 11 is 0. The fourth-order valence-corrected chi connectivity index (χ4v) is 2.67. The normalized spacial score (nSPS) is 31.4. The van der Waals surface area contributed by atoms with Gasteiger partial charge in [0.05, 0.1) is 18.7 Å². The van der Waals surface area contributed by atoms with Crippen molar-refractivity contribution in [3.05, 3.63) is 0 Å². The van der Waals surface area contributed by atoms with Gasteiger partial charge in [-0.1, -0.05) is 0 Å². The Kier molecular flexibility index (Phi) is 3.22. The van der Waals surface area contributed by atoms with E-state index in [2.05, 4.69) is 6.07 Å². The van der Waals surface area contributed by atoms with E-state index in [-0.39, 0.29) is 12.6 Å². The summed E-state index contributed by atoms with van der Waals surface area (Å²) in [6, 6.07) is 2.29. The molecule has 6 nitrogen and oxygen atoms in total. The number of hydrogen-bond donors (Lipinski definition) is 2. The summed E-state index contributed by atoms with van der Waals surface area (Å²) in [6.07, 6.45) is 0.650. The molecule has 0 radical (unpaired) electrons. The van der Waals surface area contributed by atoms with Crippen LogP contribution in [-0.2, 0) is 0 Å². The molecule has 2 aliphatic rings. The summed E-state index contributed by atoms with van der Waals surface area (Å²) in [7, 11) is 0. The molecule has 6 heteroatoms. The number of nitrogens with zero attached hydrogens (tertiary/aromatic N) is 3. The molecule has 2 saturated heterocycles. The predicted octanol–water partition coefficient (Wildman–Crippen LogP) is 0.0892. The Balaban J connectivity index is 2.06. The number of rotatable bonds is 1. The summed E-state index contributed by atoms with van der Waals surface area (Å²) < 4.78 is 0. The molecule has 94 valence electrons. The maximum absolute atomic E-state index is 10.9. The highest BCUT2D eigenvalue weighted by Crippen LogP contribution is 2.30. The van der Waals surface area contributed by atoms with Gasteiger partial charge in [0.2, 0.25) is 0 Å². The van der Waals surface area contributed by atoms with Gasteiger partial charge in [-0.05, 0) is 19.3 Å². The number of amides is 1. The van der Waals surface area contributed by atoms with E-state index < -0.39 is 11.6 Å². The lowest BCUT2D eigenvalue weighted by atomic mass is 9.94. The number of piperidine rings is 1. The molecule has 0 saturated carbocycles. The van der Waals surface area contributed by atoms with E-state index in [4.69, 9.17) is 5.11 Å². The van der Waals surface area contributed by atoms with Crippen LogP contribution in [-0.4, -0.2) is 63.9 Å². The van der Waals surface area contributed by atoms with Crippen LogP contribution in [0.4, 0.5) is 4.79 Å². The summed E-state index contributed by atoms with van der Waals surface area (Å²) in [5.74, 6) is 0. The van der Waals surface area contributed by atoms with Crippen molar-refractivity contribution in [2.24, 2.45) is 0 Å². The van der Waals surface area contributed by atoms with Crippen molar-refractivity contribution in [3.63, 3.8) is 0 Å². The van der Waals surface area contributed by atoms with Crippen molar-refractivity contribution in [2.75, 3.05) is 26.2 Å². The molecule has 17 heavy (non-hydrogen) atoms. The van der Waals surface area contributed by atoms with E-state index in [1.54, 1.807) is 0 Å². The number of nitriles is 1. The van der Waals surface area contributed by atoms with Gasteiger partial charge in [0.15, 0.2) is 0 Å². The molecule has 0 spiro atoms. The van der Waals surface area contributed by atoms with Crippen molar-refractivity contribution in [1.29, 1.82) is 5.26 Å². The first kappa shape index (κ1) is 12.1. The molecule has 0 aromatic carbocycles. The second-order valence-electron chi connectivity index (χ2n) is 4.82. The van der Waals surface area contributed by atoms with Gasteiger partial charge >= 0.3 is 6.09 Å². The van der Waals surface area contributed by atoms with Gasteiger partial charge in [-0.15, -0.1) is 0 Å². The highest BCUT2D eigenvalue weighted by Gasteiger charge is 2.45. The minimum absolute atomic E-state index is 0.259. The lowest BCUT2D eigenvalue weighted by Crippen LogP contribution is -2.53. The van der Waals surface area contributed by atoms with E-state index in [1.807, 2.05) is 4.90 Å². The topological polar surface area (TPSA) is 87.8 Å². The Morgan fingerprint density at radius 1 is 1.35 bits per heavy atom. The van der Waals surface area contributed by atoms with Crippen LogP contribution in [0.3, 0.4) is 0 Å². The predicted molar refractivity (Wildman–Crippen MR) is 59.4 cm³/mol. The quantitative estimate of drug-likeness (QED) is 0.677. The van der Waals surface area contributed by atoms with Crippen LogP contribution in [0.1, 0.15) is 19.3 Å². The average Bonchev–Trinajstić information content (AvgIpc) is 2.76. The Hall–Kier alpha value is -1.32. The minimum atomic E-state index is -0.959. The number of likely N-dealkylation sites (tertiary alicyclic amines) is 2. The van der Waals surface area contributed by atoms with Crippen molar-refractivity contribution in [2.45, 2.75) is 30.9 Å². The first-order valence-electron chi connectivity index (χ1n) is 5.90. The lowest BCUT2D eigenvalue weighted by molar-refractivity contribution is 0.0407. The fourth-order valence-electron chi connectivity index (χ4n) is 2.67. The zero-order chi connectivity index (χ0) is 12.5. The van der Waals surface area contributed by atoms with Gasteiger partial charge in [0.1, 0.15) is 5.54 Å². The molecule has 0 aromatic rings. The van der Waals surface area contributed by atoms with Crippen LogP contribution in [0, 0.1) is 11.3 Å². The lowest BCUT2D eigenvalue weighted by Gasteiger charge is -2.39. The number of carboxylic acid groups (broad SMARTS) is 1. The zero-order valence-corrected chi connectivity index (χ0v) is 9.67.